The number of nitrogens with two attached hydrogens (primary N) is 1. The van der Waals surface area contributed by atoms with Gasteiger partial charge in [-0.3, -0.25) is 0 Å². The van der Waals surface area contributed by atoms with E-state index in [4.69, 9.17) is 10.5 Å². The molecule has 1 saturated heterocycles. The molecule has 0 amide bonds. The average Bonchev–Trinajstić information content (AvgIpc) is 3.11. The van der Waals surface area contributed by atoms with Crippen molar-refractivity contribution in [2.75, 3.05) is 12.3 Å². The molecule has 3 rings (SSSR count). The minimum Gasteiger partial charge on any atom is -0.384 e. The third kappa shape index (κ3) is 2.72. The van der Waals surface area contributed by atoms with Crippen LogP contribution in [-0.2, 0) is 14.8 Å². The molecule has 0 aromatic carbocycles. The first-order valence-corrected chi connectivity index (χ1v) is 7.90. The number of hydrogen-bond donors (Lipinski definition) is 2. The zero-order chi connectivity index (χ0) is 13.5. The summed E-state index contributed by atoms with van der Waals surface area (Å²) in [5.74, 6) is 0.818. The Morgan fingerprint density at radius 2 is 2.11 bits per heavy atom. The van der Waals surface area contributed by atoms with Gasteiger partial charge in [0.2, 0.25) is 10.0 Å². The molecule has 19 heavy (non-hydrogen) atoms. The molecule has 0 spiro atoms. The number of nitrogen functional groups attached to an aromatic ring is 1. The van der Waals surface area contributed by atoms with Gasteiger partial charge in [0, 0.05) is 12.8 Å². The van der Waals surface area contributed by atoms with E-state index in [0.29, 0.717) is 18.3 Å². The molecule has 6 nitrogen and oxygen atoms in total. The van der Waals surface area contributed by atoms with Crippen LogP contribution in [0.1, 0.15) is 19.3 Å². The minimum atomic E-state index is -3.55. The van der Waals surface area contributed by atoms with Crippen LogP contribution in [0.15, 0.2) is 23.2 Å². The fourth-order valence-corrected chi connectivity index (χ4v) is 3.67. The summed E-state index contributed by atoms with van der Waals surface area (Å²) in [7, 11) is -3.55. The molecular weight excluding hydrogens is 266 g/mol. The van der Waals surface area contributed by atoms with Gasteiger partial charge in [0.1, 0.15) is 10.7 Å². The van der Waals surface area contributed by atoms with Crippen molar-refractivity contribution in [2.45, 2.75) is 36.3 Å². The van der Waals surface area contributed by atoms with Gasteiger partial charge in [0.25, 0.3) is 0 Å². The zero-order valence-electron chi connectivity index (χ0n) is 10.5. The molecule has 1 aromatic rings. The van der Waals surface area contributed by atoms with E-state index in [1.807, 2.05) is 0 Å². The second kappa shape index (κ2) is 4.73. The van der Waals surface area contributed by atoms with Crippen LogP contribution in [0.2, 0.25) is 0 Å². The number of ether oxygens (including phenoxy) is 1. The molecule has 1 aromatic heterocycles. The second-order valence-corrected chi connectivity index (χ2v) is 6.82. The Labute approximate surface area is 112 Å². The fourth-order valence-electron chi connectivity index (χ4n) is 2.44. The van der Waals surface area contributed by atoms with Crippen LogP contribution in [0, 0.1) is 5.92 Å². The van der Waals surface area contributed by atoms with Crippen molar-refractivity contribution in [2.24, 2.45) is 5.92 Å². The maximum atomic E-state index is 12.2. The maximum absolute atomic E-state index is 12.2. The van der Waals surface area contributed by atoms with Gasteiger partial charge in [0.15, 0.2) is 0 Å². The van der Waals surface area contributed by atoms with Gasteiger partial charge in [-0.1, -0.05) is 0 Å². The van der Waals surface area contributed by atoms with Gasteiger partial charge in [-0.25, -0.2) is 18.1 Å². The highest BCUT2D eigenvalue weighted by Gasteiger charge is 2.42. The average molecular weight is 283 g/mol. The molecule has 1 aliphatic heterocycles. The van der Waals surface area contributed by atoms with Gasteiger partial charge in [-0.15, -0.1) is 0 Å². The quantitative estimate of drug-likeness (QED) is 0.839. The second-order valence-electron chi connectivity index (χ2n) is 5.11. The topological polar surface area (TPSA) is 94.3 Å². The smallest absolute Gasteiger partial charge is 0.242 e. The summed E-state index contributed by atoms with van der Waals surface area (Å²) in [6.45, 7) is 0.619. The van der Waals surface area contributed by atoms with Gasteiger partial charge >= 0.3 is 0 Å². The summed E-state index contributed by atoms with van der Waals surface area (Å²) in [6, 6.07) is 2.82. The molecule has 104 valence electrons. The van der Waals surface area contributed by atoms with E-state index in [0.717, 1.165) is 19.3 Å². The van der Waals surface area contributed by atoms with Crippen molar-refractivity contribution in [1.29, 1.82) is 0 Å². The normalized spacial score (nSPS) is 27.6. The summed E-state index contributed by atoms with van der Waals surface area (Å²) >= 11 is 0. The highest BCUT2D eigenvalue weighted by Crippen LogP contribution is 2.39. The van der Waals surface area contributed by atoms with Crippen molar-refractivity contribution in [3.05, 3.63) is 18.3 Å². The molecule has 2 unspecified atom stereocenters. The van der Waals surface area contributed by atoms with Gasteiger partial charge in [-0.05, 0) is 37.3 Å². The molecular formula is C12H17N3O3S. The van der Waals surface area contributed by atoms with Crippen molar-refractivity contribution >= 4 is 15.8 Å². The number of aromatic nitrogens is 1. The summed E-state index contributed by atoms with van der Waals surface area (Å²) in [6.07, 6.45) is 4.29. The largest absolute Gasteiger partial charge is 0.384 e. The van der Waals surface area contributed by atoms with E-state index < -0.39 is 10.0 Å². The lowest BCUT2D eigenvalue weighted by atomic mass is 10.1. The fraction of sp³-hybridized carbons (Fsp3) is 0.583. The van der Waals surface area contributed by atoms with Crippen LogP contribution >= 0.6 is 0 Å². The summed E-state index contributed by atoms with van der Waals surface area (Å²) in [4.78, 5) is 3.96. The number of rotatable bonds is 4. The van der Waals surface area contributed by atoms with Crippen LogP contribution in [-0.4, -0.2) is 32.2 Å². The number of sulfonamides is 1. The number of anilines is 1. The molecule has 7 heteroatoms. The van der Waals surface area contributed by atoms with Gasteiger partial charge < -0.3 is 10.5 Å². The Hall–Kier alpha value is -1.18. The molecule has 0 bridgehead atoms. The van der Waals surface area contributed by atoms with E-state index in [1.165, 1.54) is 18.3 Å². The predicted octanol–water partition coefficient (Wildman–Crippen LogP) is 0.510. The Kier molecular flexibility index (Phi) is 3.20. The summed E-state index contributed by atoms with van der Waals surface area (Å²) in [5, 5.41) is 0. The molecule has 2 aliphatic rings. The van der Waals surface area contributed by atoms with Crippen molar-refractivity contribution in [1.82, 2.24) is 9.71 Å². The lowest BCUT2D eigenvalue weighted by Crippen LogP contribution is -2.41. The van der Waals surface area contributed by atoms with E-state index >= 15 is 0 Å². The van der Waals surface area contributed by atoms with Crippen molar-refractivity contribution < 1.29 is 13.2 Å². The minimum absolute atomic E-state index is 0.0246. The standard InChI is InChI=1S/C12H17N3O3S/c13-11-4-3-9(7-14-11)19(16,17)15-10-5-6-18-12(10)8-1-2-8/h3-4,7-8,10,12,15H,1-2,5-6H2,(H2,13,14). The highest BCUT2D eigenvalue weighted by atomic mass is 32.2. The third-order valence-corrected chi connectivity index (χ3v) is 5.07. The summed E-state index contributed by atoms with van der Waals surface area (Å²) in [5.41, 5.74) is 5.46. The molecule has 2 heterocycles. The third-order valence-electron chi connectivity index (χ3n) is 3.60. The maximum Gasteiger partial charge on any atom is 0.242 e. The first-order chi connectivity index (χ1) is 9.06. The highest BCUT2D eigenvalue weighted by molar-refractivity contribution is 7.89. The number of nitrogens with one attached hydrogen (secondary N) is 1. The monoisotopic (exact) mass is 283 g/mol. The molecule has 1 aliphatic carbocycles. The van der Waals surface area contributed by atoms with E-state index in [9.17, 15) is 8.42 Å². The van der Waals surface area contributed by atoms with E-state index in [1.54, 1.807) is 0 Å². The molecule has 2 atom stereocenters. The van der Waals surface area contributed by atoms with Crippen LogP contribution in [0.5, 0.6) is 0 Å². The van der Waals surface area contributed by atoms with E-state index in [2.05, 4.69) is 9.71 Å². The number of hydrogen-bond acceptors (Lipinski definition) is 5. The molecule has 1 saturated carbocycles. The lowest BCUT2D eigenvalue weighted by Gasteiger charge is -2.19. The van der Waals surface area contributed by atoms with Crippen molar-refractivity contribution in [3.8, 4) is 0 Å². The lowest BCUT2D eigenvalue weighted by molar-refractivity contribution is 0.0848. The Morgan fingerprint density at radius 3 is 2.74 bits per heavy atom. The Bertz CT molecular complexity index is 554. The van der Waals surface area contributed by atoms with Crippen LogP contribution in [0.25, 0.3) is 0 Å². The van der Waals surface area contributed by atoms with Crippen LogP contribution < -0.4 is 10.5 Å². The molecule has 3 N–H and O–H groups in total. The zero-order valence-corrected chi connectivity index (χ0v) is 11.3. The Morgan fingerprint density at radius 1 is 1.32 bits per heavy atom. The van der Waals surface area contributed by atoms with Crippen LogP contribution in [0.4, 0.5) is 5.82 Å². The predicted molar refractivity (Wildman–Crippen MR) is 69.8 cm³/mol. The number of pyridine rings is 1. The van der Waals surface area contributed by atoms with Gasteiger partial charge in [-0.2, -0.15) is 0 Å². The van der Waals surface area contributed by atoms with Crippen LogP contribution in [0.3, 0.4) is 0 Å². The Balaban J connectivity index is 1.75. The summed E-state index contributed by atoms with van der Waals surface area (Å²) < 4.78 is 32.8. The van der Waals surface area contributed by atoms with Crippen molar-refractivity contribution in [3.63, 3.8) is 0 Å². The molecule has 2 fully saturated rings. The first kappa shape index (κ1) is 12.8. The number of nitrogens with zero attached hydrogens (tertiary/aromatic N) is 1. The van der Waals surface area contributed by atoms with Gasteiger partial charge in [0.05, 0.1) is 12.1 Å². The SMILES string of the molecule is Nc1ccc(S(=O)(=O)NC2CCOC2C2CC2)cn1. The molecule has 0 radical (unpaired) electrons. The first-order valence-electron chi connectivity index (χ1n) is 6.42. The van der Waals surface area contributed by atoms with E-state index in [-0.39, 0.29) is 17.0 Å².